The molecule has 0 spiro atoms. The Bertz CT molecular complexity index is 1910. The summed E-state index contributed by atoms with van der Waals surface area (Å²) in [4.78, 5) is 29.1. The van der Waals surface area contributed by atoms with Gasteiger partial charge >= 0.3 is 11.9 Å². The average molecular weight is 613 g/mol. The van der Waals surface area contributed by atoms with E-state index in [-0.39, 0.29) is 45.2 Å². The van der Waals surface area contributed by atoms with Crippen LogP contribution in [0.5, 0.6) is 5.75 Å². The van der Waals surface area contributed by atoms with Crippen LogP contribution in [0.25, 0.3) is 22.3 Å². The summed E-state index contributed by atoms with van der Waals surface area (Å²) in [6.07, 6.45) is -3.54. The fourth-order valence-electron chi connectivity index (χ4n) is 4.10. The predicted octanol–water partition coefficient (Wildman–Crippen LogP) is 7.76. The van der Waals surface area contributed by atoms with Crippen LogP contribution < -0.4 is 10.3 Å². The van der Waals surface area contributed by atoms with Crippen molar-refractivity contribution >= 4 is 46.0 Å². The monoisotopic (exact) mass is 612 g/mol. The largest absolute Gasteiger partial charge is 0.481 e. The summed E-state index contributed by atoms with van der Waals surface area (Å²) in [5.74, 6) is -0.369. The van der Waals surface area contributed by atoms with Crippen molar-refractivity contribution in [3.8, 4) is 17.1 Å². The molecule has 0 amide bonds. The van der Waals surface area contributed by atoms with Gasteiger partial charge in [-0.3, -0.25) is 14.9 Å². The highest BCUT2D eigenvalue weighted by Gasteiger charge is 2.31. The molecule has 1 heterocycles. The van der Waals surface area contributed by atoms with Crippen molar-refractivity contribution in [3.63, 3.8) is 0 Å². The van der Waals surface area contributed by atoms with Crippen LogP contribution in [-0.2, 0) is 12.8 Å². The second-order valence-electron chi connectivity index (χ2n) is 8.91. The lowest BCUT2D eigenvalue weighted by atomic mass is 10.1. The standard InChI is InChI=1S/C29H17Cl2F3N4O4/c30-21-10-8-17(9-11-21)16-42-26-19(13-22(31)14-25(26)38(40)41)15-35-37-27(18-4-3-5-20(12-18)29(32,33)34)36-24-7-2-1-6-23(24)28(37)39/h1-15H,16H2. The molecule has 5 rings (SSSR count). The Hall–Kier alpha value is -4.74. The van der Waals surface area contributed by atoms with E-state index in [1.165, 1.54) is 24.3 Å². The molecule has 0 bridgehead atoms. The van der Waals surface area contributed by atoms with Crippen LogP contribution in [0.15, 0.2) is 94.8 Å². The fraction of sp³-hybridized carbons (Fsp3) is 0.0690. The first-order valence-corrected chi connectivity index (χ1v) is 12.9. The fourth-order valence-corrected chi connectivity index (χ4v) is 4.44. The van der Waals surface area contributed by atoms with Gasteiger partial charge in [0.1, 0.15) is 6.61 Å². The molecular formula is C29H17Cl2F3N4O4. The molecule has 8 nitrogen and oxygen atoms in total. The summed E-state index contributed by atoms with van der Waals surface area (Å²) in [5, 5.41) is 16.7. The number of para-hydroxylation sites is 1. The molecule has 0 saturated heterocycles. The molecule has 0 aliphatic carbocycles. The summed E-state index contributed by atoms with van der Waals surface area (Å²) >= 11 is 12.1. The summed E-state index contributed by atoms with van der Waals surface area (Å²) < 4.78 is 47.1. The molecule has 5 aromatic rings. The maximum Gasteiger partial charge on any atom is 0.416 e. The van der Waals surface area contributed by atoms with Crippen LogP contribution in [0.2, 0.25) is 10.0 Å². The van der Waals surface area contributed by atoms with Crippen molar-refractivity contribution in [2.75, 3.05) is 0 Å². The van der Waals surface area contributed by atoms with E-state index in [2.05, 4.69) is 10.1 Å². The summed E-state index contributed by atoms with van der Waals surface area (Å²) in [5.41, 5.74) is -1.16. The van der Waals surface area contributed by atoms with Gasteiger partial charge in [-0.25, -0.2) is 4.98 Å². The summed E-state index contributed by atoms with van der Waals surface area (Å²) in [7, 11) is 0. The predicted molar refractivity (Wildman–Crippen MR) is 153 cm³/mol. The number of rotatable bonds is 7. The number of nitro groups is 1. The van der Waals surface area contributed by atoms with E-state index >= 15 is 0 Å². The van der Waals surface area contributed by atoms with Crippen LogP contribution in [-0.4, -0.2) is 20.8 Å². The minimum Gasteiger partial charge on any atom is -0.481 e. The van der Waals surface area contributed by atoms with Gasteiger partial charge in [0.2, 0.25) is 5.75 Å². The molecule has 0 atom stereocenters. The van der Waals surface area contributed by atoms with Gasteiger partial charge in [-0.05, 0) is 48.0 Å². The zero-order valence-electron chi connectivity index (χ0n) is 21.2. The number of nitrogens with zero attached hydrogens (tertiary/aromatic N) is 4. The van der Waals surface area contributed by atoms with Gasteiger partial charge in [0.25, 0.3) is 5.56 Å². The van der Waals surface area contributed by atoms with Crippen LogP contribution in [0.4, 0.5) is 18.9 Å². The number of ether oxygens (including phenoxy) is 1. The average Bonchev–Trinajstić information content (AvgIpc) is 2.96. The van der Waals surface area contributed by atoms with E-state index < -0.39 is 27.9 Å². The van der Waals surface area contributed by atoms with Crippen molar-refractivity contribution in [1.82, 2.24) is 9.66 Å². The highest BCUT2D eigenvalue weighted by atomic mass is 35.5. The first-order chi connectivity index (χ1) is 20.0. The Balaban J connectivity index is 1.66. The van der Waals surface area contributed by atoms with Crippen molar-refractivity contribution < 1.29 is 22.8 Å². The van der Waals surface area contributed by atoms with E-state index in [9.17, 15) is 28.1 Å². The normalized spacial score (nSPS) is 11.7. The van der Waals surface area contributed by atoms with Crippen molar-refractivity contribution in [1.29, 1.82) is 0 Å². The number of benzene rings is 4. The number of alkyl halides is 3. The minimum atomic E-state index is -4.64. The second-order valence-corrected chi connectivity index (χ2v) is 9.78. The van der Waals surface area contributed by atoms with E-state index in [0.717, 1.165) is 29.1 Å². The zero-order chi connectivity index (χ0) is 30.0. The maximum atomic E-state index is 13.5. The topological polar surface area (TPSA) is 99.6 Å². The highest BCUT2D eigenvalue weighted by Crippen LogP contribution is 2.35. The van der Waals surface area contributed by atoms with E-state index in [1.807, 2.05) is 0 Å². The molecule has 0 aliphatic heterocycles. The molecule has 1 aromatic heterocycles. The molecule has 0 N–H and O–H groups in total. The first kappa shape index (κ1) is 28.8. The third kappa shape index (κ3) is 6.12. The molecule has 212 valence electrons. The second kappa shape index (κ2) is 11.6. The Morgan fingerprint density at radius 2 is 1.71 bits per heavy atom. The highest BCUT2D eigenvalue weighted by molar-refractivity contribution is 6.31. The molecule has 0 saturated carbocycles. The van der Waals surface area contributed by atoms with Crippen LogP contribution in [0, 0.1) is 10.1 Å². The Morgan fingerprint density at radius 3 is 2.43 bits per heavy atom. The van der Waals surface area contributed by atoms with Gasteiger partial charge in [0.05, 0.1) is 27.6 Å². The van der Waals surface area contributed by atoms with Crippen LogP contribution in [0.1, 0.15) is 16.7 Å². The van der Waals surface area contributed by atoms with E-state index in [0.29, 0.717) is 10.6 Å². The third-order valence-corrected chi connectivity index (χ3v) is 6.54. The number of nitro benzene ring substituents is 1. The van der Waals surface area contributed by atoms with E-state index in [1.54, 1.807) is 42.5 Å². The number of aromatic nitrogens is 2. The summed E-state index contributed by atoms with van der Waals surface area (Å²) in [6, 6.07) is 19.7. The lowest BCUT2D eigenvalue weighted by molar-refractivity contribution is -0.385. The van der Waals surface area contributed by atoms with Crippen molar-refractivity contribution in [2.24, 2.45) is 5.10 Å². The molecule has 4 aromatic carbocycles. The molecule has 42 heavy (non-hydrogen) atoms. The van der Waals surface area contributed by atoms with Gasteiger partial charge in [0, 0.05) is 27.2 Å². The maximum absolute atomic E-state index is 13.5. The van der Waals surface area contributed by atoms with Crippen LogP contribution >= 0.6 is 23.2 Å². The first-order valence-electron chi connectivity index (χ1n) is 12.1. The van der Waals surface area contributed by atoms with Gasteiger partial charge in [-0.15, -0.1) is 0 Å². The number of hydrogen-bond acceptors (Lipinski definition) is 6. The number of hydrogen-bond donors (Lipinski definition) is 0. The lowest BCUT2D eigenvalue weighted by Gasteiger charge is -2.13. The molecule has 13 heteroatoms. The zero-order valence-corrected chi connectivity index (χ0v) is 22.7. The van der Waals surface area contributed by atoms with Crippen molar-refractivity contribution in [2.45, 2.75) is 12.8 Å². The molecule has 0 radical (unpaired) electrons. The van der Waals surface area contributed by atoms with Gasteiger partial charge in [-0.1, -0.05) is 59.6 Å². The van der Waals surface area contributed by atoms with Gasteiger partial charge in [-0.2, -0.15) is 22.9 Å². The smallest absolute Gasteiger partial charge is 0.416 e. The lowest BCUT2D eigenvalue weighted by Crippen LogP contribution is -2.20. The van der Waals surface area contributed by atoms with Crippen molar-refractivity contribution in [3.05, 3.63) is 132 Å². The quantitative estimate of drug-likeness (QED) is 0.106. The van der Waals surface area contributed by atoms with Gasteiger partial charge < -0.3 is 4.74 Å². The summed E-state index contributed by atoms with van der Waals surface area (Å²) in [6.45, 7) is -0.0759. The molecule has 0 aliphatic rings. The van der Waals surface area contributed by atoms with Crippen LogP contribution in [0.3, 0.4) is 0 Å². The number of fused-ring (bicyclic) bond motifs is 1. The molecule has 0 fully saturated rings. The Kier molecular flexibility index (Phi) is 7.97. The Morgan fingerprint density at radius 1 is 0.976 bits per heavy atom. The van der Waals surface area contributed by atoms with Gasteiger partial charge in [0.15, 0.2) is 5.82 Å². The Labute approximate surface area is 245 Å². The number of halogens is 5. The molecular weight excluding hydrogens is 596 g/mol. The van der Waals surface area contributed by atoms with E-state index in [4.69, 9.17) is 27.9 Å². The third-order valence-electron chi connectivity index (χ3n) is 6.07. The molecule has 0 unspecified atom stereocenters. The SMILES string of the molecule is O=c1c2ccccc2nc(-c2cccc(C(F)(F)F)c2)n1N=Cc1cc(Cl)cc([N+](=O)[O-])c1OCc1ccc(Cl)cc1. The minimum absolute atomic E-state index is 0.0101.